The first kappa shape index (κ1) is 13.2. The van der Waals surface area contributed by atoms with Crippen molar-refractivity contribution in [2.24, 2.45) is 0 Å². The van der Waals surface area contributed by atoms with Crippen LogP contribution in [0.5, 0.6) is 0 Å². The standard InChI is InChI=1S/C13H7BrFN3O/c14-12-3-1-2-11(17-12)13(19)18-10-5-4-8(7-16)6-9(10)15/h1-6H,(H,18,19). The van der Waals surface area contributed by atoms with Crippen molar-refractivity contribution in [3.63, 3.8) is 0 Å². The van der Waals surface area contributed by atoms with E-state index in [1.807, 2.05) is 6.07 Å². The van der Waals surface area contributed by atoms with Gasteiger partial charge >= 0.3 is 0 Å². The van der Waals surface area contributed by atoms with Gasteiger partial charge in [0.15, 0.2) is 0 Å². The summed E-state index contributed by atoms with van der Waals surface area (Å²) in [4.78, 5) is 15.8. The van der Waals surface area contributed by atoms with Crippen molar-refractivity contribution >= 4 is 27.5 Å². The van der Waals surface area contributed by atoms with Crippen molar-refractivity contribution in [2.45, 2.75) is 0 Å². The Labute approximate surface area is 117 Å². The van der Waals surface area contributed by atoms with E-state index in [4.69, 9.17) is 5.26 Å². The van der Waals surface area contributed by atoms with Crippen LogP contribution in [-0.4, -0.2) is 10.9 Å². The summed E-state index contributed by atoms with van der Waals surface area (Å²) in [6.07, 6.45) is 0. The van der Waals surface area contributed by atoms with E-state index in [0.717, 1.165) is 6.07 Å². The van der Waals surface area contributed by atoms with Gasteiger partial charge in [-0.3, -0.25) is 4.79 Å². The number of rotatable bonds is 2. The smallest absolute Gasteiger partial charge is 0.274 e. The highest BCUT2D eigenvalue weighted by Gasteiger charge is 2.11. The van der Waals surface area contributed by atoms with Gasteiger partial charge in [-0.05, 0) is 46.3 Å². The average Bonchev–Trinajstić information content (AvgIpc) is 2.41. The first-order chi connectivity index (χ1) is 9.10. The van der Waals surface area contributed by atoms with Gasteiger partial charge in [-0.2, -0.15) is 5.26 Å². The molecule has 0 saturated heterocycles. The number of anilines is 1. The lowest BCUT2D eigenvalue weighted by molar-refractivity contribution is 0.102. The number of carbonyl (C=O) groups is 1. The summed E-state index contributed by atoms with van der Waals surface area (Å²) in [5.41, 5.74) is 0.361. The largest absolute Gasteiger partial charge is 0.318 e. The number of hydrogen-bond acceptors (Lipinski definition) is 3. The van der Waals surface area contributed by atoms with Crippen LogP contribution in [0.15, 0.2) is 41.0 Å². The molecule has 94 valence electrons. The molecule has 1 heterocycles. The fraction of sp³-hybridized carbons (Fsp3) is 0. The number of pyridine rings is 1. The number of benzene rings is 1. The summed E-state index contributed by atoms with van der Waals surface area (Å²) in [7, 11) is 0. The Bertz CT molecular complexity index is 682. The SMILES string of the molecule is N#Cc1ccc(NC(=O)c2cccc(Br)n2)c(F)c1. The lowest BCUT2D eigenvalue weighted by atomic mass is 10.2. The van der Waals surface area contributed by atoms with Crippen LogP contribution in [0, 0.1) is 17.1 Å². The number of hydrogen-bond donors (Lipinski definition) is 1. The minimum Gasteiger partial charge on any atom is -0.318 e. The molecule has 0 bridgehead atoms. The van der Waals surface area contributed by atoms with Gasteiger partial charge in [0, 0.05) is 0 Å². The van der Waals surface area contributed by atoms with Crippen molar-refractivity contribution in [3.05, 3.63) is 58.1 Å². The van der Waals surface area contributed by atoms with Crippen LogP contribution in [0.1, 0.15) is 16.1 Å². The molecular formula is C13H7BrFN3O. The quantitative estimate of drug-likeness (QED) is 0.865. The number of nitrogens with one attached hydrogen (secondary N) is 1. The maximum atomic E-state index is 13.6. The molecule has 0 spiro atoms. The molecule has 6 heteroatoms. The predicted octanol–water partition coefficient (Wildman–Crippen LogP) is 3.11. The maximum absolute atomic E-state index is 13.6. The highest BCUT2D eigenvalue weighted by molar-refractivity contribution is 9.10. The van der Waals surface area contributed by atoms with Crippen LogP contribution in [0.2, 0.25) is 0 Å². The number of nitrogens with zero attached hydrogens (tertiary/aromatic N) is 2. The molecule has 1 aromatic heterocycles. The number of nitriles is 1. The Morgan fingerprint density at radius 3 is 2.79 bits per heavy atom. The van der Waals surface area contributed by atoms with E-state index >= 15 is 0 Å². The third kappa shape index (κ3) is 3.14. The molecule has 1 amide bonds. The molecule has 0 fully saturated rings. The van der Waals surface area contributed by atoms with E-state index in [2.05, 4.69) is 26.2 Å². The van der Waals surface area contributed by atoms with Crippen LogP contribution < -0.4 is 5.32 Å². The maximum Gasteiger partial charge on any atom is 0.274 e. The van der Waals surface area contributed by atoms with Crippen molar-refractivity contribution in [3.8, 4) is 6.07 Å². The summed E-state index contributed by atoms with van der Waals surface area (Å²) in [5.74, 6) is -1.19. The highest BCUT2D eigenvalue weighted by Crippen LogP contribution is 2.16. The molecule has 1 N–H and O–H groups in total. The van der Waals surface area contributed by atoms with E-state index < -0.39 is 11.7 Å². The van der Waals surface area contributed by atoms with Crippen LogP contribution in [-0.2, 0) is 0 Å². The molecular weight excluding hydrogens is 313 g/mol. The topological polar surface area (TPSA) is 65.8 Å². The van der Waals surface area contributed by atoms with Crippen molar-refractivity contribution in [2.75, 3.05) is 5.32 Å². The molecule has 0 aliphatic heterocycles. The van der Waals surface area contributed by atoms with Gasteiger partial charge in [-0.1, -0.05) is 6.07 Å². The van der Waals surface area contributed by atoms with Crippen LogP contribution >= 0.6 is 15.9 Å². The lowest BCUT2D eigenvalue weighted by Gasteiger charge is -2.06. The molecule has 19 heavy (non-hydrogen) atoms. The molecule has 0 saturated carbocycles. The fourth-order valence-electron chi connectivity index (χ4n) is 1.41. The van der Waals surface area contributed by atoms with E-state index in [0.29, 0.717) is 4.60 Å². The predicted molar refractivity (Wildman–Crippen MR) is 71.0 cm³/mol. The minimum absolute atomic E-state index is 0.00535. The first-order valence-corrected chi connectivity index (χ1v) is 6.03. The molecule has 0 aliphatic carbocycles. The molecule has 0 aliphatic rings. The van der Waals surface area contributed by atoms with Crippen LogP contribution in [0.4, 0.5) is 10.1 Å². The molecule has 0 radical (unpaired) electrons. The molecule has 2 rings (SSSR count). The second kappa shape index (κ2) is 5.59. The second-order valence-corrected chi connectivity index (χ2v) is 4.42. The normalized spacial score (nSPS) is 9.74. The number of aromatic nitrogens is 1. The van der Waals surface area contributed by atoms with E-state index in [9.17, 15) is 9.18 Å². The first-order valence-electron chi connectivity index (χ1n) is 5.23. The average molecular weight is 320 g/mol. The van der Waals surface area contributed by atoms with Gasteiger partial charge < -0.3 is 5.32 Å². The minimum atomic E-state index is -0.664. The summed E-state index contributed by atoms with van der Waals surface area (Å²) >= 11 is 3.15. The summed E-state index contributed by atoms with van der Waals surface area (Å²) in [6, 6.07) is 10.5. The van der Waals surface area contributed by atoms with Crippen LogP contribution in [0.3, 0.4) is 0 Å². The number of amides is 1. The molecule has 1 aromatic carbocycles. The highest BCUT2D eigenvalue weighted by atomic mass is 79.9. The van der Waals surface area contributed by atoms with E-state index in [-0.39, 0.29) is 16.9 Å². The van der Waals surface area contributed by atoms with Crippen molar-refractivity contribution in [1.82, 2.24) is 4.98 Å². The Morgan fingerprint density at radius 1 is 1.37 bits per heavy atom. The monoisotopic (exact) mass is 319 g/mol. The van der Waals surface area contributed by atoms with Gasteiger partial charge in [0.1, 0.15) is 16.1 Å². The van der Waals surface area contributed by atoms with E-state index in [1.54, 1.807) is 12.1 Å². The molecule has 4 nitrogen and oxygen atoms in total. The van der Waals surface area contributed by atoms with Gasteiger partial charge in [0.2, 0.25) is 0 Å². The Morgan fingerprint density at radius 2 is 2.16 bits per heavy atom. The molecule has 0 unspecified atom stereocenters. The third-order valence-electron chi connectivity index (χ3n) is 2.29. The number of carbonyl (C=O) groups excluding carboxylic acids is 1. The lowest BCUT2D eigenvalue weighted by Crippen LogP contribution is -2.14. The molecule has 0 atom stereocenters. The Hall–Kier alpha value is -2.26. The van der Waals surface area contributed by atoms with Gasteiger partial charge in [0.05, 0.1) is 17.3 Å². The van der Waals surface area contributed by atoms with Gasteiger partial charge in [-0.15, -0.1) is 0 Å². The fourth-order valence-corrected chi connectivity index (χ4v) is 1.75. The second-order valence-electron chi connectivity index (χ2n) is 3.61. The summed E-state index contributed by atoms with van der Waals surface area (Å²) in [6.45, 7) is 0. The zero-order chi connectivity index (χ0) is 13.8. The summed E-state index contributed by atoms with van der Waals surface area (Å²) < 4.78 is 14.1. The zero-order valence-electron chi connectivity index (χ0n) is 9.52. The molecule has 2 aromatic rings. The van der Waals surface area contributed by atoms with Crippen molar-refractivity contribution in [1.29, 1.82) is 5.26 Å². The van der Waals surface area contributed by atoms with Crippen molar-refractivity contribution < 1.29 is 9.18 Å². The number of halogens is 2. The third-order valence-corrected chi connectivity index (χ3v) is 2.74. The van der Waals surface area contributed by atoms with E-state index in [1.165, 1.54) is 18.2 Å². The van der Waals surface area contributed by atoms with Gasteiger partial charge in [0.25, 0.3) is 5.91 Å². The Kier molecular flexibility index (Phi) is 3.88. The van der Waals surface area contributed by atoms with Crippen LogP contribution in [0.25, 0.3) is 0 Å². The summed E-state index contributed by atoms with van der Waals surface area (Å²) in [5, 5.41) is 11.0. The van der Waals surface area contributed by atoms with Gasteiger partial charge in [-0.25, -0.2) is 9.37 Å². The Balaban J connectivity index is 2.22. The zero-order valence-corrected chi connectivity index (χ0v) is 11.1.